The second kappa shape index (κ2) is 11.6. The second-order valence-corrected chi connectivity index (χ2v) is 12.9. The lowest BCUT2D eigenvalue weighted by Gasteiger charge is -2.26. The predicted octanol–water partition coefficient (Wildman–Crippen LogP) is 6.74. The Morgan fingerprint density at radius 2 is 1.82 bits per heavy atom. The third kappa shape index (κ3) is 5.57. The number of fused-ring (bicyclic) bond motifs is 1. The van der Waals surface area contributed by atoms with Gasteiger partial charge in [0.05, 0.1) is 29.0 Å². The number of allylic oxidation sites excluding steroid dienone is 1. The molecule has 11 heteroatoms. The molecule has 7 nitrogen and oxygen atoms in total. The summed E-state index contributed by atoms with van der Waals surface area (Å²) in [6, 6.07) is 14.2. The normalized spacial score (nSPS) is 15.3. The zero-order valence-electron chi connectivity index (χ0n) is 21.8. The van der Waals surface area contributed by atoms with Crippen LogP contribution < -0.4 is 19.6 Å². The molecule has 0 saturated heterocycles. The molecule has 0 spiro atoms. The van der Waals surface area contributed by atoms with Crippen molar-refractivity contribution < 1.29 is 18.7 Å². The van der Waals surface area contributed by atoms with Crippen LogP contribution in [0.4, 0.5) is 0 Å². The van der Waals surface area contributed by atoms with Crippen molar-refractivity contribution in [2.24, 2.45) is 4.99 Å². The van der Waals surface area contributed by atoms with Gasteiger partial charge in [0.2, 0.25) is 0 Å². The fraction of sp³-hybridized carbons (Fsp3) is 0.207. The molecule has 40 heavy (non-hydrogen) atoms. The van der Waals surface area contributed by atoms with Gasteiger partial charge < -0.3 is 13.9 Å². The van der Waals surface area contributed by atoms with Gasteiger partial charge in [-0.1, -0.05) is 59.1 Å². The minimum atomic E-state index is -0.804. The summed E-state index contributed by atoms with van der Waals surface area (Å²) >= 11 is 11.8. The zero-order valence-corrected chi connectivity index (χ0v) is 27.4. The Hall–Kier alpha value is -2.73. The predicted molar refractivity (Wildman–Crippen MR) is 165 cm³/mol. The van der Waals surface area contributed by atoms with Crippen LogP contribution in [0.2, 0.25) is 0 Å². The molecule has 0 radical (unpaired) electrons. The molecule has 0 saturated carbocycles. The number of hydrogen-bond donors (Lipinski definition) is 0. The highest BCUT2D eigenvalue weighted by molar-refractivity contribution is 9.11. The Balaban J connectivity index is 1.68. The van der Waals surface area contributed by atoms with E-state index in [1.807, 2.05) is 42.5 Å². The summed E-state index contributed by atoms with van der Waals surface area (Å²) in [4.78, 5) is 32.4. The average molecular weight is 751 g/mol. The third-order valence-corrected chi connectivity index (χ3v) is 8.83. The first kappa shape index (κ1) is 28.8. The maximum Gasteiger partial charge on any atom is 0.338 e. The first-order valence-corrected chi connectivity index (χ1v) is 15.4. The number of benzene rings is 2. The molecule has 2 aromatic heterocycles. The molecule has 0 N–H and O–H groups in total. The summed E-state index contributed by atoms with van der Waals surface area (Å²) in [7, 11) is 1.55. The number of nitrogens with zero attached hydrogens (tertiary/aromatic N) is 2. The number of aromatic nitrogens is 1. The van der Waals surface area contributed by atoms with Crippen LogP contribution in [0.5, 0.6) is 5.75 Å². The molecule has 2 aromatic carbocycles. The molecule has 0 amide bonds. The zero-order chi connectivity index (χ0) is 28.7. The number of thiazole rings is 1. The van der Waals surface area contributed by atoms with Gasteiger partial charge in [0, 0.05) is 30.6 Å². The van der Waals surface area contributed by atoms with Crippen LogP contribution in [0.15, 0.2) is 87.4 Å². The maximum atomic E-state index is 14.0. The Morgan fingerprint density at radius 3 is 2.55 bits per heavy atom. The van der Waals surface area contributed by atoms with E-state index in [1.165, 1.54) is 15.9 Å². The molecule has 206 valence electrons. The molecule has 5 rings (SSSR count). The van der Waals surface area contributed by atoms with E-state index in [2.05, 4.69) is 52.8 Å². The van der Waals surface area contributed by atoms with Gasteiger partial charge in [-0.2, -0.15) is 0 Å². The standard InChI is InChI=1S/C29H23Br3N2O5S/c1-14(2)38-28(36)25-15(3)33-29-34(26(25)20-12-17(31)6-9-22(20)37-4)27(35)24(40-29)13-18-7-10-23(39-18)19-11-16(30)5-8-21(19)32/h5-14,26H,1-4H3/b24-13-/t26-/m1/s1. The van der Waals surface area contributed by atoms with Crippen LogP contribution in [0.25, 0.3) is 17.4 Å². The lowest BCUT2D eigenvalue weighted by molar-refractivity contribution is -0.143. The van der Waals surface area contributed by atoms with Gasteiger partial charge in [-0.05, 0) is 69.3 Å². The van der Waals surface area contributed by atoms with Crippen molar-refractivity contribution in [1.82, 2.24) is 4.57 Å². The number of esters is 1. The maximum absolute atomic E-state index is 14.0. The van der Waals surface area contributed by atoms with Crippen LogP contribution in [0, 0.1) is 0 Å². The largest absolute Gasteiger partial charge is 0.496 e. The van der Waals surface area contributed by atoms with E-state index in [0.717, 1.165) is 19.0 Å². The highest BCUT2D eigenvalue weighted by atomic mass is 79.9. The number of ether oxygens (including phenoxy) is 2. The topological polar surface area (TPSA) is 83.0 Å². The third-order valence-electron chi connectivity index (χ3n) is 6.16. The number of carbonyl (C=O) groups is 1. The SMILES string of the molecule is COc1ccc(Br)cc1[C@@H]1C(C(=O)OC(C)C)=C(C)N=c2s/c(=C\c3ccc(-c4cc(Br)ccc4Br)o3)c(=O)n21. The molecule has 0 fully saturated rings. The minimum absolute atomic E-state index is 0.281. The number of halogens is 3. The molecular weight excluding hydrogens is 728 g/mol. The average Bonchev–Trinajstić information content (AvgIpc) is 3.48. The van der Waals surface area contributed by atoms with Gasteiger partial charge in [0.1, 0.15) is 23.3 Å². The fourth-order valence-electron chi connectivity index (χ4n) is 4.46. The van der Waals surface area contributed by atoms with Crippen LogP contribution in [0.1, 0.15) is 38.1 Å². The molecule has 1 atom stereocenters. The highest BCUT2D eigenvalue weighted by Crippen LogP contribution is 2.37. The molecule has 0 aliphatic carbocycles. The van der Waals surface area contributed by atoms with Crippen molar-refractivity contribution in [3.8, 4) is 17.1 Å². The van der Waals surface area contributed by atoms with E-state index in [-0.39, 0.29) is 17.2 Å². The van der Waals surface area contributed by atoms with Gasteiger partial charge in [0.15, 0.2) is 4.80 Å². The van der Waals surface area contributed by atoms with Crippen LogP contribution in [0.3, 0.4) is 0 Å². The number of carbonyl (C=O) groups excluding carboxylic acids is 1. The molecule has 1 aliphatic rings. The van der Waals surface area contributed by atoms with E-state index in [4.69, 9.17) is 13.9 Å². The summed E-state index contributed by atoms with van der Waals surface area (Å²) in [6.07, 6.45) is 1.35. The molecule has 0 unspecified atom stereocenters. The van der Waals surface area contributed by atoms with Crippen molar-refractivity contribution in [2.45, 2.75) is 32.9 Å². The van der Waals surface area contributed by atoms with E-state index in [9.17, 15) is 9.59 Å². The second-order valence-electron chi connectivity index (χ2n) is 9.25. The molecule has 4 aromatic rings. The number of methoxy groups -OCH3 is 1. The summed E-state index contributed by atoms with van der Waals surface area (Å²) in [5.41, 5.74) is 1.96. The summed E-state index contributed by atoms with van der Waals surface area (Å²) < 4.78 is 21.9. The van der Waals surface area contributed by atoms with Crippen LogP contribution >= 0.6 is 59.1 Å². The van der Waals surface area contributed by atoms with Crippen molar-refractivity contribution in [3.63, 3.8) is 0 Å². The van der Waals surface area contributed by atoms with Crippen molar-refractivity contribution in [2.75, 3.05) is 7.11 Å². The first-order valence-electron chi connectivity index (χ1n) is 12.2. The van der Waals surface area contributed by atoms with E-state index < -0.39 is 12.0 Å². The molecule has 1 aliphatic heterocycles. The van der Waals surface area contributed by atoms with Crippen molar-refractivity contribution >= 4 is 71.2 Å². The summed E-state index contributed by atoms with van der Waals surface area (Å²) in [6.45, 7) is 5.31. The van der Waals surface area contributed by atoms with Gasteiger partial charge in [-0.15, -0.1) is 0 Å². The highest BCUT2D eigenvalue weighted by Gasteiger charge is 2.35. The van der Waals surface area contributed by atoms with Crippen LogP contribution in [-0.4, -0.2) is 23.8 Å². The van der Waals surface area contributed by atoms with Crippen molar-refractivity contribution in [1.29, 1.82) is 0 Å². The van der Waals surface area contributed by atoms with Gasteiger partial charge in [0.25, 0.3) is 5.56 Å². The summed E-state index contributed by atoms with van der Waals surface area (Å²) in [5, 5.41) is 0. The first-order chi connectivity index (χ1) is 19.1. The smallest absolute Gasteiger partial charge is 0.338 e. The monoisotopic (exact) mass is 748 g/mol. The Morgan fingerprint density at radius 1 is 1.10 bits per heavy atom. The van der Waals surface area contributed by atoms with E-state index in [0.29, 0.717) is 37.9 Å². The number of rotatable bonds is 6. The number of hydrogen-bond acceptors (Lipinski definition) is 7. The van der Waals surface area contributed by atoms with Crippen molar-refractivity contribution in [3.05, 3.63) is 104 Å². The lowest BCUT2D eigenvalue weighted by Crippen LogP contribution is -2.40. The minimum Gasteiger partial charge on any atom is -0.496 e. The molecule has 0 bridgehead atoms. The summed E-state index contributed by atoms with van der Waals surface area (Å²) in [5.74, 6) is 1.16. The Bertz CT molecular complexity index is 1850. The Kier molecular flexibility index (Phi) is 8.37. The number of furan rings is 1. The lowest BCUT2D eigenvalue weighted by atomic mass is 9.95. The Labute approximate surface area is 259 Å². The van der Waals surface area contributed by atoms with Gasteiger partial charge >= 0.3 is 5.97 Å². The fourth-order valence-corrected chi connectivity index (χ4v) is 6.67. The molecule has 3 heterocycles. The van der Waals surface area contributed by atoms with Gasteiger partial charge in [-0.25, -0.2) is 9.79 Å². The van der Waals surface area contributed by atoms with Gasteiger partial charge in [-0.3, -0.25) is 9.36 Å². The van der Waals surface area contributed by atoms with E-state index in [1.54, 1.807) is 40.0 Å². The molecular formula is C29H23Br3N2O5S. The van der Waals surface area contributed by atoms with E-state index >= 15 is 0 Å². The quantitative estimate of drug-likeness (QED) is 0.204. The van der Waals surface area contributed by atoms with Crippen LogP contribution in [-0.2, 0) is 9.53 Å².